The standard InChI is InChI=1S/C17H26N6/c1-5-14-7-9-15(10-8-14)13(3)22-17(18-6-2)19-11-16-20-12-21-23(16)4/h7-10,12-13H,5-6,11H2,1-4H3,(H2,18,19,22). The first-order valence-corrected chi connectivity index (χ1v) is 8.10. The molecule has 2 aromatic rings. The van der Waals surface area contributed by atoms with Crippen molar-refractivity contribution in [1.29, 1.82) is 0 Å². The van der Waals surface area contributed by atoms with Gasteiger partial charge in [-0.2, -0.15) is 5.10 Å². The summed E-state index contributed by atoms with van der Waals surface area (Å²) in [5.74, 6) is 1.62. The Bertz CT molecular complexity index is 629. The van der Waals surface area contributed by atoms with E-state index in [0.29, 0.717) is 6.54 Å². The van der Waals surface area contributed by atoms with E-state index in [1.165, 1.54) is 11.1 Å². The summed E-state index contributed by atoms with van der Waals surface area (Å²) < 4.78 is 1.74. The molecule has 1 unspecified atom stereocenters. The van der Waals surface area contributed by atoms with Gasteiger partial charge in [-0.05, 0) is 31.4 Å². The maximum atomic E-state index is 4.59. The Balaban J connectivity index is 2.03. The Kier molecular flexibility index (Phi) is 6.14. The lowest BCUT2D eigenvalue weighted by atomic mass is 10.1. The zero-order valence-electron chi connectivity index (χ0n) is 14.4. The zero-order valence-corrected chi connectivity index (χ0v) is 14.4. The number of guanidine groups is 1. The number of aromatic nitrogens is 3. The van der Waals surface area contributed by atoms with Crippen LogP contribution in [0, 0.1) is 0 Å². The van der Waals surface area contributed by atoms with Gasteiger partial charge in [-0.1, -0.05) is 31.2 Å². The highest BCUT2D eigenvalue weighted by atomic mass is 15.3. The highest BCUT2D eigenvalue weighted by Gasteiger charge is 2.08. The number of aliphatic imine (C=N–C) groups is 1. The van der Waals surface area contributed by atoms with Crippen molar-refractivity contribution in [2.75, 3.05) is 6.54 Å². The van der Waals surface area contributed by atoms with Crippen LogP contribution in [0.5, 0.6) is 0 Å². The van der Waals surface area contributed by atoms with Crippen LogP contribution in [-0.4, -0.2) is 27.3 Å². The second-order valence-electron chi connectivity index (χ2n) is 5.46. The van der Waals surface area contributed by atoms with E-state index < -0.39 is 0 Å². The lowest BCUT2D eigenvalue weighted by molar-refractivity contribution is 0.672. The van der Waals surface area contributed by atoms with Crippen LogP contribution >= 0.6 is 0 Å². The third-order valence-electron chi connectivity index (χ3n) is 3.77. The Morgan fingerprint density at radius 3 is 2.57 bits per heavy atom. The summed E-state index contributed by atoms with van der Waals surface area (Å²) >= 11 is 0. The van der Waals surface area contributed by atoms with E-state index in [2.05, 4.69) is 70.7 Å². The molecule has 0 bridgehead atoms. The van der Waals surface area contributed by atoms with Crippen molar-refractivity contribution >= 4 is 5.96 Å². The Hall–Kier alpha value is -2.37. The number of rotatable bonds is 6. The molecule has 0 amide bonds. The first-order valence-electron chi connectivity index (χ1n) is 8.10. The first-order chi connectivity index (χ1) is 11.1. The molecule has 1 heterocycles. The lowest BCUT2D eigenvalue weighted by Crippen LogP contribution is -2.38. The van der Waals surface area contributed by atoms with E-state index in [-0.39, 0.29) is 6.04 Å². The average molecular weight is 314 g/mol. The van der Waals surface area contributed by atoms with E-state index >= 15 is 0 Å². The van der Waals surface area contributed by atoms with Crippen LogP contribution in [-0.2, 0) is 20.0 Å². The van der Waals surface area contributed by atoms with Gasteiger partial charge in [0.15, 0.2) is 5.96 Å². The van der Waals surface area contributed by atoms with Crippen LogP contribution < -0.4 is 10.6 Å². The molecule has 0 aliphatic heterocycles. The SMILES string of the molecule is CCNC(=NCc1ncnn1C)NC(C)c1ccc(CC)cc1. The highest BCUT2D eigenvalue weighted by Crippen LogP contribution is 2.13. The summed E-state index contributed by atoms with van der Waals surface area (Å²) in [7, 11) is 1.87. The van der Waals surface area contributed by atoms with E-state index in [1.54, 1.807) is 11.0 Å². The molecular formula is C17H26N6. The summed E-state index contributed by atoms with van der Waals surface area (Å²) in [6.07, 6.45) is 2.60. The first kappa shape index (κ1) is 17.0. The average Bonchev–Trinajstić information content (AvgIpc) is 2.98. The molecule has 0 fully saturated rings. The van der Waals surface area contributed by atoms with E-state index in [4.69, 9.17) is 0 Å². The minimum absolute atomic E-state index is 0.179. The van der Waals surface area contributed by atoms with E-state index in [9.17, 15) is 0 Å². The molecule has 1 aromatic heterocycles. The topological polar surface area (TPSA) is 67.1 Å². The van der Waals surface area contributed by atoms with Gasteiger partial charge in [0.05, 0.1) is 6.04 Å². The second-order valence-corrected chi connectivity index (χ2v) is 5.46. The number of nitrogens with one attached hydrogen (secondary N) is 2. The zero-order chi connectivity index (χ0) is 16.7. The van der Waals surface area contributed by atoms with Crippen molar-refractivity contribution in [1.82, 2.24) is 25.4 Å². The van der Waals surface area contributed by atoms with Gasteiger partial charge in [0.25, 0.3) is 0 Å². The molecule has 6 nitrogen and oxygen atoms in total. The maximum absolute atomic E-state index is 4.59. The van der Waals surface area contributed by atoms with Gasteiger partial charge in [0.2, 0.25) is 0 Å². The summed E-state index contributed by atoms with van der Waals surface area (Å²) in [5, 5.41) is 10.8. The predicted molar refractivity (Wildman–Crippen MR) is 93.2 cm³/mol. The lowest BCUT2D eigenvalue weighted by Gasteiger charge is -2.18. The van der Waals surface area contributed by atoms with Crippen molar-refractivity contribution in [3.8, 4) is 0 Å². The Labute approximate surface area is 138 Å². The van der Waals surface area contributed by atoms with Crippen molar-refractivity contribution in [2.24, 2.45) is 12.0 Å². The molecule has 124 valence electrons. The maximum Gasteiger partial charge on any atom is 0.192 e. The quantitative estimate of drug-likeness (QED) is 0.633. The monoisotopic (exact) mass is 314 g/mol. The minimum Gasteiger partial charge on any atom is -0.357 e. The molecule has 0 aliphatic rings. The molecule has 2 N–H and O–H groups in total. The van der Waals surface area contributed by atoms with Gasteiger partial charge in [-0.3, -0.25) is 4.68 Å². The van der Waals surface area contributed by atoms with E-state index in [0.717, 1.165) is 24.7 Å². The van der Waals surface area contributed by atoms with Gasteiger partial charge in [0, 0.05) is 13.6 Å². The number of aryl methyl sites for hydroxylation is 2. The molecule has 1 atom stereocenters. The fourth-order valence-corrected chi connectivity index (χ4v) is 2.26. The molecule has 0 spiro atoms. The third-order valence-corrected chi connectivity index (χ3v) is 3.77. The van der Waals surface area contributed by atoms with Crippen LogP contribution in [0.3, 0.4) is 0 Å². The van der Waals surface area contributed by atoms with Crippen LogP contribution in [0.1, 0.15) is 43.8 Å². The van der Waals surface area contributed by atoms with Gasteiger partial charge >= 0.3 is 0 Å². The third kappa shape index (κ3) is 4.81. The number of benzene rings is 1. The molecule has 0 aliphatic carbocycles. The molecule has 1 aromatic carbocycles. The summed E-state index contributed by atoms with van der Waals surface area (Å²) in [4.78, 5) is 8.78. The summed E-state index contributed by atoms with van der Waals surface area (Å²) in [6, 6.07) is 8.87. The molecule has 0 radical (unpaired) electrons. The normalized spacial score (nSPS) is 13.0. The highest BCUT2D eigenvalue weighted by molar-refractivity contribution is 5.80. The number of hydrogen-bond acceptors (Lipinski definition) is 3. The number of hydrogen-bond donors (Lipinski definition) is 2. The van der Waals surface area contributed by atoms with Gasteiger partial charge in [0.1, 0.15) is 18.7 Å². The van der Waals surface area contributed by atoms with Gasteiger partial charge in [-0.25, -0.2) is 9.98 Å². The van der Waals surface area contributed by atoms with Crippen LogP contribution in [0.25, 0.3) is 0 Å². The second kappa shape index (κ2) is 8.31. The number of nitrogens with zero attached hydrogens (tertiary/aromatic N) is 4. The smallest absolute Gasteiger partial charge is 0.192 e. The molecule has 23 heavy (non-hydrogen) atoms. The van der Waals surface area contributed by atoms with Crippen molar-refractivity contribution in [3.05, 3.63) is 47.5 Å². The van der Waals surface area contributed by atoms with E-state index in [1.807, 2.05) is 7.05 Å². The van der Waals surface area contributed by atoms with Crippen LogP contribution in [0.4, 0.5) is 0 Å². The molecular weight excluding hydrogens is 288 g/mol. The Morgan fingerprint density at radius 2 is 2.00 bits per heavy atom. The van der Waals surface area contributed by atoms with Crippen molar-refractivity contribution < 1.29 is 0 Å². The van der Waals surface area contributed by atoms with Crippen molar-refractivity contribution in [3.63, 3.8) is 0 Å². The largest absolute Gasteiger partial charge is 0.357 e. The fraction of sp³-hybridized carbons (Fsp3) is 0.471. The fourth-order valence-electron chi connectivity index (χ4n) is 2.26. The van der Waals surface area contributed by atoms with Gasteiger partial charge in [-0.15, -0.1) is 0 Å². The van der Waals surface area contributed by atoms with Gasteiger partial charge < -0.3 is 10.6 Å². The van der Waals surface area contributed by atoms with Crippen molar-refractivity contribution in [2.45, 2.75) is 39.8 Å². The van der Waals surface area contributed by atoms with Crippen LogP contribution in [0.2, 0.25) is 0 Å². The summed E-state index contributed by atoms with van der Waals surface area (Å²) in [5.41, 5.74) is 2.59. The minimum atomic E-state index is 0.179. The molecule has 0 saturated carbocycles. The molecule has 0 saturated heterocycles. The predicted octanol–water partition coefficient (Wildman–Crippen LogP) is 2.19. The van der Waals surface area contributed by atoms with Crippen LogP contribution in [0.15, 0.2) is 35.6 Å². The molecule has 2 rings (SSSR count). The molecule has 6 heteroatoms. The summed E-state index contributed by atoms with van der Waals surface area (Å²) in [6.45, 7) is 7.66. The Morgan fingerprint density at radius 1 is 1.26 bits per heavy atom.